The van der Waals surface area contributed by atoms with Crippen LogP contribution >= 0.6 is 0 Å². The molecule has 2 aromatic heterocycles. The highest BCUT2D eigenvalue weighted by molar-refractivity contribution is 5.41. The lowest BCUT2D eigenvalue weighted by molar-refractivity contribution is -0.141. The highest BCUT2D eigenvalue weighted by atomic mass is 19.4. The lowest BCUT2D eigenvalue weighted by Gasteiger charge is -2.08. The van der Waals surface area contributed by atoms with Crippen LogP contribution in [0.15, 0.2) is 24.5 Å². The van der Waals surface area contributed by atoms with Gasteiger partial charge in [0.1, 0.15) is 30.0 Å². The third-order valence-corrected chi connectivity index (χ3v) is 2.25. The van der Waals surface area contributed by atoms with Gasteiger partial charge in [-0.3, -0.25) is 4.57 Å². The van der Waals surface area contributed by atoms with E-state index in [-0.39, 0.29) is 17.2 Å². The largest absolute Gasteiger partial charge is 0.433 e. The van der Waals surface area contributed by atoms with Crippen molar-refractivity contribution in [1.29, 1.82) is 10.5 Å². The van der Waals surface area contributed by atoms with Gasteiger partial charge >= 0.3 is 6.18 Å². The van der Waals surface area contributed by atoms with Crippen LogP contribution in [0.3, 0.4) is 0 Å². The van der Waals surface area contributed by atoms with Crippen molar-refractivity contribution in [2.45, 2.75) is 6.18 Å². The van der Waals surface area contributed by atoms with Crippen LogP contribution < -0.4 is 0 Å². The van der Waals surface area contributed by atoms with Crippen LogP contribution in [0.4, 0.5) is 13.2 Å². The molecule has 0 aliphatic heterocycles. The summed E-state index contributed by atoms with van der Waals surface area (Å²) >= 11 is 0. The highest BCUT2D eigenvalue weighted by Crippen LogP contribution is 2.28. The number of aromatic nitrogens is 3. The molecule has 2 aromatic rings. The van der Waals surface area contributed by atoms with Crippen LogP contribution in [0.1, 0.15) is 17.1 Å². The predicted molar refractivity (Wildman–Crippen MR) is 55.8 cm³/mol. The first-order valence-electron chi connectivity index (χ1n) is 4.89. The van der Waals surface area contributed by atoms with E-state index in [9.17, 15) is 13.2 Å². The van der Waals surface area contributed by atoms with E-state index in [1.165, 1.54) is 12.1 Å². The molecule has 0 amide bonds. The number of imidazole rings is 1. The van der Waals surface area contributed by atoms with Crippen molar-refractivity contribution < 1.29 is 13.2 Å². The van der Waals surface area contributed by atoms with Gasteiger partial charge in [-0.1, -0.05) is 6.07 Å². The minimum Gasteiger partial charge on any atom is -0.273 e. The lowest BCUT2D eigenvalue weighted by Crippen LogP contribution is -2.10. The number of alkyl halides is 3. The topological polar surface area (TPSA) is 78.3 Å². The second-order valence-corrected chi connectivity index (χ2v) is 3.41. The van der Waals surface area contributed by atoms with Crippen molar-refractivity contribution in [2.24, 2.45) is 0 Å². The van der Waals surface area contributed by atoms with Crippen LogP contribution in [-0.2, 0) is 6.18 Å². The Morgan fingerprint density at radius 1 is 1.16 bits per heavy atom. The SMILES string of the molecule is N#Cc1ncn(-c2cccc(C(F)(F)F)n2)c1C#N. The van der Waals surface area contributed by atoms with E-state index in [0.29, 0.717) is 0 Å². The number of hydrogen-bond donors (Lipinski definition) is 0. The van der Waals surface area contributed by atoms with Gasteiger partial charge in [0.2, 0.25) is 0 Å². The molecule has 0 aliphatic carbocycles. The number of halogens is 3. The molecule has 0 unspecified atom stereocenters. The average Bonchev–Trinajstić information content (AvgIpc) is 2.80. The summed E-state index contributed by atoms with van der Waals surface area (Å²) in [6.07, 6.45) is -3.50. The van der Waals surface area contributed by atoms with Gasteiger partial charge in [0.25, 0.3) is 0 Å². The first kappa shape index (κ1) is 12.6. The van der Waals surface area contributed by atoms with E-state index in [1.54, 1.807) is 12.1 Å². The zero-order valence-electron chi connectivity index (χ0n) is 9.18. The Kier molecular flexibility index (Phi) is 2.93. The molecule has 2 rings (SSSR count). The Bertz CT molecular complexity index is 702. The minimum atomic E-state index is -4.58. The number of nitriles is 2. The standard InChI is InChI=1S/C11H4F3N5/c12-11(13,14)9-2-1-3-10(18-9)19-6-17-7(4-15)8(19)5-16/h1-3,6H. The van der Waals surface area contributed by atoms with Crippen molar-refractivity contribution in [3.05, 3.63) is 41.6 Å². The van der Waals surface area contributed by atoms with E-state index in [1.807, 2.05) is 0 Å². The third kappa shape index (κ3) is 2.24. The molecular formula is C11H4F3N5. The molecule has 0 fully saturated rings. The van der Waals surface area contributed by atoms with Gasteiger partial charge in [0.05, 0.1) is 0 Å². The molecule has 0 atom stereocenters. The number of hydrogen-bond acceptors (Lipinski definition) is 4. The van der Waals surface area contributed by atoms with Crippen molar-refractivity contribution in [3.63, 3.8) is 0 Å². The number of pyridine rings is 1. The Morgan fingerprint density at radius 2 is 1.89 bits per heavy atom. The van der Waals surface area contributed by atoms with Gasteiger partial charge in [-0.15, -0.1) is 0 Å². The fourth-order valence-corrected chi connectivity index (χ4v) is 1.43. The Balaban J connectivity index is 2.59. The van der Waals surface area contributed by atoms with E-state index in [2.05, 4.69) is 9.97 Å². The summed E-state index contributed by atoms with van der Waals surface area (Å²) in [5, 5.41) is 17.6. The molecule has 0 saturated heterocycles. The second kappa shape index (κ2) is 4.42. The van der Waals surface area contributed by atoms with Gasteiger partial charge in [-0.25, -0.2) is 9.97 Å². The maximum Gasteiger partial charge on any atom is 0.433 e. The number of rotatable bonds is 1. The number of nitrogens with zero attached hydrogens (tertiary/aromatic N) is 5. The van der Waals surface area contributed by atoms with E-state index in [0.717, 1.165) is 17.0 Å². The summed E-state index contributed by atoms with van der Waals surface area (Å²) in [7, 11) is 0. The van der Waals surface area contributed by atoms with Gasteiger partial charge in [0, 0.05) is 0 Å². The van der Waals surface area contributed by atoms with Crippen LogP contribution in [0.2, 0.25) is 0 Å². The Morgan fingerprint density at radius 3 is 2.47 bits per heavy atom. The molecule has 94 valence electrons. The first-order valence-corrected chi connectivity index (χ1v) is 4.89. The summed E-state index contributed by atoms with van der Waals surface area (Å²) in [6, 6.07) is 6.66. The van der Waals surface area contributed by atoms with Crippen molar-refractivity contribution in [1.82, 2.24) is 14.5 Å². The summed E-state index contributed by atoms with van der Waals surface area (Å²) in [6.45, 7) is 0. The van der Waals surface area contributed by atoms with Crippen LogP contribution in [0.5, 0.6) is 0 Å². The molecule has 5 nitrogen and oxygen atoms in total. The summed E-state index contributed by atoms with van der Waals surface area (Å²) in [5.41, 5.74) is -1.41. The highest BCUT2D eigenvalue weighted by Gasteiger charge is 2.32. The molecule has 0 spiro atoms. The maximum atomic E-state index is 12.5. The lowest BCUT2D eigenvalue weighted by atomic mass is 10.3. The van der Waals surface area contributed by atoms with Crippen molar-refractivity contribution in [2.75, 3.05) is 0 Å². The molecule has 0 bridgehead atoms. The smallest absolute Gasteiger partial charge is 0.273 e. The summed E-state index contributed by atoms with van der Waals surface area (Å²) < 4.78 is 38.6. The molecule has 0 aromatic carbocycles. The molecule has 0 N–H and O–H groups in total. The Hall–Kier alpha value is -2.87. The van der Waals surface area contributed by atoms with Crippen molar-refractivity contribution in [3.8, 4) is 18.0 Å². The second-order valence-electron chi connectivity index (χ2n) is 3.41. The zero-order valence-corrected chi connectivity index (χ0v) is 9.18. The van der Waals surface area contributed by atoms with Crippen molar-refractivity contribution >= 4 is 0 Å². The summed E-state index contributed by atoms with van der Waals surface area (Å²) in [4.78, 5) is 7.04. The fraction of sp³-hybridized carbons (Fsp3) is 0.0909. The van der Waals surface area contributed by atoms with E-state index in [4.69, 9.17) is 10.5 Å². The molecule has 2 heterocycles. The normalized spacial score (nSPS) is 10.8. The first-order chi connectivity index (χ1) is 8.97. The van der Waals surface area contributed by atoms with Gasteiger partial charge in [0.15, 0.2) is 11.4 Å². The zero-order chi connectivity index (χ0) is 14.0. The van der Waals surface area contributed by atoms with E-state index >= 15 is 0 Å². The van der Waals surface area contributed by atoms with Crippen LogP contribution in [0, 0.1) is 22.7 Å². The predicted octanol–water partition coefficient (Wildman–Crippen LogP) is 2.03. The quantitative estimate of drug-likeness (QED) is 0.788. The molecule has 0 aliphatic rings. The van der Waals surface area contributed by atoms with Crippen LogP contribution in [0.25, 0.3) is 5.82 Å². The maximum absolute atomic E-state index is 12.5. The molecule has 8 heteroatoms. The molecule has 0 saturated carbocycles. The molecular weight excluding hydrogens is 259 g/mol. The van der Waals surface area contributed by atoms with Gasteiger partial charge in [-0.2, -0.15) is 23.7 Å². The van der Waals surface area contributed by atoms with Gasteiger partial charge < -0.3 is 0 Å². The average molecular weight is 263 g/mol. The summed E-state index contributed by atoms with van der Waals surface area (Å²) in [5.74, 6) is -0.125. The van der Waals surface area contributed by atoms with Gasteiger partial charge in [-0.05, 0) is 12.1 Å². The monoisotopic (exact) mass is 263 g/mol. The third-order valence-electron chi connectivity index (χ3n) is 2.25. The fourth-order valence-electron chi connectivity index (χ4n) is 1.43. The molecule has 0 radical (unpaired) electrons. The van der Waals surface area contributed by atoms with Crippen LogP contribution in [-0.4, -0.2) is 14.5 Å². The van der Waals surface area contributed by atoms with E-state index < -0.39 is 11.9 Å². The Labute approximate surface area is 105 Å². The minimum absolute atomic E-state index is 0.125. The molecule has 19 heavy (non-hydrogen) atoms.